The molecular formula is C13H11N3O2. The van der Waals surface area contributed by atoms with Crippen LogP contribution in [-0.2, 0) is 9.53 Å². The lowest BCUT2D eigenvalue weighted by Gasteiger charge is -2.21. The largest absolute Gasteiger partial charge is 0.466 e. The molecule has 5 nitrogen and oxygen atoms in total. The van der Waals surface area contributed by atoms with Gasteiger partial charge in [0, 0.05) is 18.6 Å². The highest BCUT2D eigenvalue weighted by atomic mass is 16.5. The van der Waals surface area contributed by atoms with Crippen LogP contribution in [0, 0.1) is 11.3 Å². The number of pyridine rings is 1. The Morgan fingerprint density at radius 2 is 2.33 bits per heavy atom. The van der Waals surface area contributed by atoms with Crippen LogP contribution in [0.2, 0.25) is 0 Å². The van der Waals surface area contributed by atoms with Crippen LogP contribution in [0.25, 0.3) is 0 Å². The van der Waals surface area contributed by atoms with Gasteiger partial charge in [0.05, 0.1) is 35.9 Å². The van der Waals surface area contributed by atoms with Gasteiger partial charge >= 0.3 is 5.97 Å². The summed E-state index contributed by atoms with van der Waals surface area (Å²) in [6, 6.07) is 7.44. The summed E-state index contributed by atoms with van der Waals surface area (Å²) in [5.41, 5.74) is 1.44. The van der Waals surface area contributed by atoms with Gasteiger partial charge in [0.1, 0.15) is 0 Å². The third-order valence-electron chi connectivity index (χ3n) is 2.63. The highest BCUT2D eigenvalue weighted by Gasteiger charge is 2.30. The molecule has 1 aromatic rings. The van der Waals surface area contributed by atoms with E-state index in [1.54, 1.807) is 24.5 Å². The van der Waals surface area contributed by atoms with Gasteiger partial charge in [-0.15, -0.1) is 0 Å². The Labute approximate surface area is 104 Å². The number of carbonyl (C=O) groups excluding carboxylic acids is 1. The minimum Gasteiger partial charge on any atom is -0.466 e. The Morgan fingerprint density at radius 3 is 2.94 bits per heavy atom. The lowest BCUT2D eigenvalue weighted by molar-refractivity contribution is -0.136. The lowest BCUT2D eigenvalue weighted by atomic mass is 9.87. The predicted octanol–water partition coefficient (Wildman–Crippen LogP) is 1.23. The van der Waals surface area contributed by atoms with Crippen LogP contribution in [0.3, 0.4) is 0 Å². The van der Waals surface area contributed by atoms with E-state index in [-0.39, 0.29) is 0 Å². The number of carbonyl (C=O) groups is 1. The molecule has 0 amide bonds. The first-order valence-corrected chi connectivity index (χ1v) is 5.33. The molecule has 0 saturated heterocycles. The molecule has 0 fully saturated rings. The van der Waals surface area contributed by atoms with Crippen molar-refractivity contribution in [3.63, 3.8) is 0 Å². The van der Waals surface area contributed by atoms with Gasteiger partial charge in [-0.3, -0.25) is 4.98 Å². The van der Waals surface area contributed by atoms with Crippen molar-refractivity contribution in [1.29, 1.82) is 5.26 Å². The zero-order valence-corrected chi connectivity index (χ0v) is 9.75. The van der Waals surface area contributed by atoms with Gasteiger partial charge < -0.3 is 10.1 Å². The monoisotopic (exact) mass is 241 g/mol. The smallest absolute Gasteiger partial charge is 0.336 e. The number of nitrogens with zero attached hydrogens (tertiary/aromatic N) is 2. The Kier molecular flexibility index (Phi) is 3.39. The van der Waals surface area contributed by atoms with Crippen molar-refractivity contribution >= 4 is 5.97 Å². The van der Waals surface area contributed by atoms with E-state index in [0.717, 1.165) is 0 Å². The molecule has 1 atom stereocenters. The molecule has 18 heavy (non-hydrogen) atoms. The first-order chi connectivity index (χ1) is 8.77. The second-order valence-corrected chi connectivity index (χ2v) is 3.66. The molecule has 0 saturated carbocycles. The number of hydrogen-bond donors (Lipinski definition) is 1. The van der Waals surface area contributed by atoms with E-state index in [0.29, 0.717) is 16.8 Å². The Balaban J connectivity index is 2.46. The van der Waals surface area contributed by atoms with Crippen molar-refractivity contribution in [1.82, 2.24) is 10.3 Å². The fraction of sp³-hybridized carbons (Fsp3) is 0.154. The summed E-state index contributed by atoms with van der Waals surface area (Å²) in [7, 11) is 1.31. The molecule has 0 radical (unpaired) electrons. The minimum absolute atomic E-state index is 0.371. The number of hydrogen-bond acceptors (Lipinski definition) is 5. The number of dihydropyridines is 1. The van der Waals surface area contributed by atoms with E-state index in [9.17, 15) is 4.79 Å². The third-order valence-corrected chi connectivity index (χ3v) is 2.63. The van der Waals surface area contributed by atoms with E-state index in [2.05, 4.69) is 16.4 Å². The quantitative estimate of drug-likeness (QED) is 0.788. The van der Waals surface area contributed by atoms with Crippen LogP contribution in [0.1, 0.15) is 11.6 Å². The van der Waals surface area contributed by atoms with Crippen molar-refractivity contribution in [2.45, 2.75) is 5.92 Å². The molecule has 2 heterocycles. The zero-order chi connectivity index (χ0) is 13.0. The third kappa shape index (κ3) is 2.09. The molecule has 2 rings (SSSR count). The summed E-state index contributed by atoms with van der Waals surface area (Å²) in [4.78, 5) is 15.9. The fourth-order valence-electron chi connectivity index (χ4n) is 1.81. The average molecular weight is 241 g/mol. The van der Waals surface area contributed by atoms with Gasteiger partial charge in [-0.1, -0.05) is 6.07 Å². The maximum atomic E-state index is 11.7. The molecule has 90 valence electrons. The van der Waals surface area contributed by atoms with Crippen LogP contribution in [-0.4, -0.2) is 18.1 Å². The summed E-state index contributed by atoms with van der Waals surface area (Å²) in [6.45, 7) is 0. The van der Waals surface area contributed by atoms with E-state index in [1.165, 1.54) is 13.3 Å². The number of ether oxygens (including phenoxy) is 1. The molecule has 1 unspecified atom stereocenters. The zero-order valence-electron chi connectivity index (χ0n) is 9.75. The summed E-state index contributed by atoms with van der Waals surface area (Å²) in [6.07, 6.45) is 4.72. The van der Waals surface area contributed by atoms with E-state index in [4.69, 9.17) is 10.00 Å². The minimum atomic E-state index is -0.482. The number of rotatable bonds is 2. The summed E-state index contributed by atoms with van der Waals surface area (Å²) in [5, 5.41) is 11.9. The Bertz CT molecular complexity index is 555. The van der Waals surface area contributed by atoms with Crippen molar-refractivity contribution in [2.75, 3.05) is 7.11 Å². The van der Waals surface area contributed by atoms with Crippen molar-refractivity contribution in [2.24, 2.45) is 0 Å². The maximum Gasteiger partial charge on any atom is 0.336 e. The van der Waals surface area contributed by atoms with Crippen LogP contribution >= 0.6 is 0 Å². The summed E-state index contributed by atoms with van der Waals surface area (Å²) < 4.78 is 4.72. The van der Waals surface area contributed by atoms with Gasteiger partial charge in [-0.25, -0.2) is 4.79 Å². The van der Waals surface area contributed by atoms with Gasteiger partial charge in [0.15, 0.2) is 0 Å². The van der Waals surface area contributed by atoms with E-state index < -0.39 is 11.9 Å². The summed E-state index contributed by atoms with van der Waals surface area (Å²) >= 11 is 0. The molecule has 5 heteroatoms. The molecule has 1 N–H and O–H groups in total. The van der Waals surface area contributed by atoms with Crippen molar-refractivity contribution < 1.29 is 9.53 Å². The van der Waals surface area contributed by atoms with E-state index in [1.807, 2.05) is 6.07 Å². The molecule has 0 aromatic carbocycles. The number of methoxy groups -OCH3 is 1. The second-order valence-electron chi connectivity index (χ2n) is 3.66. The Morgan fingerprint density at radius 1 is 1.50 bits per heavy atom. The molecule has 0 spiro atoms. The van der Waals surface area contributed by atoms with Crippen molar-refractivity contribution in [3.05, 3.63) is 53.6 Å². The molecule has 1 aliphatic rings. The van der Waals surface area contributed by atoms with Crippen LogP contribution in [0.5, 0.6) is 0 Å². The van der Waals surface area contributed by atoms with Crippen LogP contribution in [0.15, 0.2) is 47.9 Å². The van der Waals surface area contributed by atoms with Gasteiger partial charge in [-0.2, -0.15) is 5.26 Å². The van der Waals surface area contributed by atoms with Gasteiger partial charge in [-0.05, 0) is 12.1 Å². The highest BCUT2D eigenvalue weighted by molar-refractivity contribution is 5.91. The van der Waals surface area contributed by atoms with Crippen molar-refractivity contribution in [3.8, 4) is 6.07 Å². The van der Waals surface area contributed by atoms with Gasteiger partial charge in [0.2, 0.25) is 0 Å². The second kappa shape index (κ2) is 5.15. The number of allylic oxidation sites excluding steroid dienone is 1. The van der Waals surface area contributed by atoms with Crippen LogP contribution in [0.4, 0.5) is 0 Å². The highest BCUT2D eigenvalue weighted by Crippen LogP contribution is 2.32. The molecule has 1 aromatic heterocycles. The maximum absolute atomic E-state index is 11.7. The molecule has 0 bridgehead atoms. The number of aromatic nitrogens is 1. The number of nitrogens with one attached hydrogen (secondary N) is 1. The molecular weight excluding hydrogens is 230 g/mol. The average Bonchev–Trinajstić information content (AvgIpc) is 2.46. The standard InChI is InChI=1S/C13H11N3O2/c1-18-13(17)10-8-15-7-9(6-14)12(10)11-4-2-3-5-16-11/h2-5,7-8,12,15H,1H3. The SMILES string of the molecule is COC(=O)C1=CNC=C(C#N)C1c1ccccn1. The fourth-order valence-corrected chi connectivity index (χ4v) is 1.81. The predicted molar refractivity (Wildman–Crippen MR) is 63.9 cm³/mol. The first-order valence-electron chi connectivity index (χ1n) is 5.33. The number of nitriles is 1. The topological polar surface area (TPSA) is 75.0 Å². The first kappa shape index (κ1) is 11.9. The van der Waals surface area contributed by atoms with Crippen LogP contribution < -0.4 is 5.32 Å². The molecule has 0 aliphatic carbocycles. The normalized spacial score (nSPS) is 17.9. The summed E-state index contributed by atoms with van der Waals surface area (Å²) in [5.74, 6) is -0.955. The van der Waals surface area contributed by atoms with Gasteiger partial charge in [0.25, 0.3) is 0 Å². The van der Waals surface area contributed by atoms with E-state index >= 15 is 0 Å². The Hall–Kier alpha value is -2.61. The number of esters is 1. The molecule has 1 aliphatic heterocycles. The lowest BCUT2D eigenvalue weighted by Crippen LogP contribution is -2.22.